The van der Waals surface area contributed by atoms with Gasteiger partial charge in [0, 0.05) is 32.2 Å². The van der Waals surface area contributed by atoms with Crippen LogP contribution in [0.1, 0.15) is 11.6 Å². The van der Waals surface area contributed by atoms with Crippen molar-refractivity contribution in [2.24, 2.45) is 0 Å². The van der Waals surface area contributed by atoms with E-state index in [0.717, 1.165) is 26.2 Å². The van der Waals surface area contributed by atoms with Gasteiger partial charge in [-0.05, 0) is 22.9 Å². The highest BCUT2D eigenvalue weighted by Gasteiger charge is 2.36. The zero-order valence-electron chi connectivity index (χ0n) is 14.8. The lowest BCUT2D eigenvalue weighted by atomic mass is 10.0. The van der Waals surface area contributed by atoms with Gasteiger partial charge in [-0.2, -0.15) is 0 Å². The predicted molar refractivity (Wildman–Crippen MR) is 104 cm³/mol. The van der Waals surface area contributed by atoms with E-state index in [2.05, 4.69) is 15.8 Å². The van der Waals surface area contributed by atoms with Gasteiger partial charge in [-0.15, -0.1) is 24.8 Å². The number of hydrogen-bond donors (Lipinski definition) is 2. The molecule has 1 aromatic heterocycles. The fourth-order valence-corrected chi connectivity index (χ4v) is 3.21. The summed E-state index contributed by atoms with van der Waals surface area (Å²) in [6.07, 6.45) is 0.231. The van der Waals surface area contributed by atoms with E-state index in [1.807, 2.05) is 11.0 Å². The summed E-state index contributed by atoms with van der Waals surface area (Å²) in [6.45, 7) is 3.25. The average molecular weight is 435 g/mol. The molecule has 1 aromatic carbocycles. The molecule has 8 nitrogen and oxygen atoms in total. The molecule has 0 saturated carbocycles. The van der Waals surface area contributed by atoms with E-state index in [-0.39, 0.29) is 37.2 Å². The lowest BCUT2D eigenvalue weighted by Crippen LogP contribution is -2.43. The Morgan fingerprint density at radius 3 is 2.71 bits per heavy atom. The van der Waals surface area contributed by atoms with E-state index >= 15 is 0 Å². The Morgan fingerprint density at radius 2 is 2.04 bits per heavy atom. The van der Waals surface area contributed by atoms with Crippen LogP contribution in [0.25, 0.3) is 0 Å². The molecule has 2 aromatic rings. The second-order valence-corrected chi connectivity index (χ2v) is 6.16. The third-order valence-corrected chi connectivity index (χ3v) is 4.50. The number of ether oxygens (including phenoxy) is 2. The molecule has 1 amide bonds. The zero-order valence-corrected chi connectivity index (χ0v) is 16.4. The fraction of sp³-hybridized carbons (Fsp3) is 0.412. The first kappa shape index (κ1) is 22.1. The molecule has 2 atom stereocenters. The molecule has 0 radical (unpaired) electrons. The summed E-state index contributed by atoms with van der Waals surface area (Å²) < 4.78 is 30.0. The molecule has 3 heterocycles. The predicted octanol–water partition coefficient (Wildman–Crippen LogP) is 2.30. The molecule has 2 fully saturated rings. The van der Waals surface area contributed by atoms with E-state index in [0.29, 0.717) is 17.1 Å². The van der Waals surface area contributed by atoms with Crippen LogP contribution in [0.15, 0.2) is 35.1 Å². The number of carbonyl (C=O) groups is 1. The molecule has 11 heteroatoms. The maximum absolute atomic E-state index is 14.7. The molecule has 2 N–H and O–H groups in total. The van der Waals surface area contributed by atoms with Crippen molar-refractivity contribution in [3.05, 3.63) is 41.9 Å². The third kappa shape index (κ3) is 4.78. The summed E-state index contributed by atoms with van der Waals surface area (Å²) in [7, 11) is 0. The first-order valence-electron chi connectivity index (χ1n) is 8.46. The lowest BCUT2D eigenvalue weighted by molar-refractivity contribution is 0.0885. The maximum atomic E-state index is 14.7. The van der Waals surface area contributed by atoms with Gasteiger partial charge in [-0.25, -0.2) is 9.18 Å². The summed E-state index contributed by atoms with van der Waals surface area (Å²) in [4.78, 5) is 13.7. The van der Waals surface area contributed by atoms with Crippen molar-refractivity contribution in [2.75, 3.05) is 37.7 Å². The van der Waals surface area contributed by atoms with E-state index in [1.54, 1.807) is 12.1 Å². The van der Waals surface area contributed by atoms with Gasteiger partial charge in [-0.3, -0.25) is 0 Å². The Labute approximate surface area is 173 Å². The van der Waals surface area contributed by atoms with E-state index < -0.39 is 18.2 Å². The van der Waals surface area contributed by atoms with Crippen molar-refractivity contribution in [1.82, 2.24) is 15.8 Å². The van der Waals surface area contributed by atoms with E-state index in [4.69, 9.17) is 14.0 Å². The number of cyclic esters (lactones) is 1. The van der Waals surface area contributed by atoms with Crippen LogP contribution in [-0.4, -0.2) is 50.1 Å². The number of benzene rings is 1. The fourth-order valence-electron chi connectivity index (χ4n) is 3.21. The molecule has 0 bridgehead atoms. The largest absolute Gasteiger partial charge is 0.471 e. The average Bonchev–Trinajstić information content (AvgIpc) is 3.30. The second kappa shape index (κ2) is 9.81. The van der Waals surface area contributed by atoms with Gasteiger partial charge in [0.25, 0.3) is 5.88 Å². The Hall–Kier alpha value is -2.23. The molecule has 0 spiro atoms. The molecule has 2 aliphatic heterocycles. The highest BCUT2D eigenvalue weighted by atomic mass is 35.5. The number of anilines is 1. The van der Waals surface area contributed by atoms with E-state index in [1.165, 1.54) is 12.3 Å². The first-order valence-corrected chi connectivity index (χ1v) is 8.46. The van der Waals surface area contributed by atoms with Gasteiger partial charge in [0.1, 0.15) is 18.7 Å². The first-order chi connectivity index (χ1) is 12.7. The second-order valence-electron chi connectivity index (χ2n) is 6.16. The highest BCUT2D eigenvalue weighted by Crippen LogP contribution is 2.29. The topological polar surface area (TPSA) is 88.9 Å². The normalized spacial score (nSPS) is 21.2. The van der Waals surface area contributed by atoms with Crippen LogP contribution in [0.3, 0.4) is 0 Å². The number of alkyl carbamates (subject to hydrolysis) is 1. The summed E-state index contributed by atoms with van der Waals surface area (Å²) in [5, 5.41) is 9.59. The molecular formula is C17H21Cl2FN4O4. The summed E-state index contributed by atoms with van der Waals surface area (Å²) in [5.41, 5.74) is 1.19. The van der Waals surface area contributed by atoms with Gasteiger partial charge in [0.15, 0.2) is 6.10 Å². The van der Waals surface area contributed by atoms with Crippen molar-refractivity contribution in [1.29, 1.82) is 0 Å². The number of amides is 1. The smallest absolute Gasteiger partial charge is 0.408 e. The number of carbonyl (C=O) groups excluding carboxylic acids is 1. The highest BCUT2D eigenvalue weighted by molar-refractivity contribution is 5.85. The van der Waals surface area contributed by atoms with Crippen molar-refractivity contribution < 1.29 is 23.2 Å². The summed E-state index contributed by atoms with van der Waals surface area (Å²) in [6, 6.07) is 6.06. The molecule has 4 rings (SSSR count). The molecular weight excluding hydrogens is 414 g/mol. The van der Waals surface area contributed by atoms with Crippen molar-refractivity contribution >= 4 is 36.6 Å². The third-order valence-electron chi connectivity index (χ3n) is 4.50. The molecule has 154 valence electrons. The molecule has 2 saturated heterocycles. The molecule has 2 aliphatic rings. The van der Waals surface area contributed by atoms with Crippen LogP contribution in [0.5, 0.6) is 5.88 Å². The van der Waals surface area contributed by atoms with Crippen LogP contribution in [-0.2, 0) is 4.74 Å². The minimum Gasteiger partial charge on any atom is -0.471 e. The lowest BCUT2D eigenvalue weighted by Gasteiger charge is -2.30. The molecule has 0 aliphatic carbocycles. The van der Waals surface area contributed by atoms with Crippen molar-refractivity contribution in [2.45, 2.75) is 12.1 Å². The van der Waals surface area contributed by atoms with Crippen LogP contribution in [0.2, 0.25) is 0 Å². The number of piperazine rings is 1. The number of rotatable bonds is 5. The van der Waals surface area contributed by atoms with Crippen LogP contribution >= 0.6 is 24.8 Å². The number of aromatic nitrogens is 1. The van der Waals surface area contributed by atoms with Gasteiger partial charge in [0.05, 0.1) is 11.7 Å². The number of nitrogens with one attached hydrogen (secondary N) is 2. The van der Waals surface area contributed by atoms with Crippen LogP contribution in [0, 0.1) is 5.82 Å². The van der Waals surface area contributed by atoms with Crippen LogP contribution < -0.4 is 20.3 Å². The Morgan fingerprint density at radius 1 is 1.25 bits per heavy atom. The Bertz CT molecular complexity index is 775. The van der Waals surface area contributed by atoms with Crippen LogP contribution in [0.4, 0.5) is 14.9 Å². The van der Waals surface area contributed by atoms with Gasteiger partial charge < -0.3 is 29.5 Å². The van der Waals surface area contributed by atoms with Crippen molar-refractivity contribution in [3.8, 4) is 5.88 Å². The Balaban J connectivity index is 0.00000140. The summed E-state index contributed by atoms with van der Waals surface area (Å²) in [5.74, 6) is -0.0198. The summed E-state index contributed by atoms with van der Waals surface area (Å²) >= 11 is 0. The maximum Gasteiger partial charge on any atom is 0.408 e. The molecule has 1 unspecified atom stereocenters. The zero-order chi connectivity index (χ0) is 17.9. The number of nitrogens with zero attached hydrogens (tertiary/aromatic N) is 2. The standard InChI is InChI=1S/C17H19FN4O4.2ClH/c18-12-9-11(1-2-13(12)22-6-4-19-5-7-22)16-14(26-17(23)20-16)10-24-15-3-8-25-21-15;;/h1-3,8-9,14,16,19H,4-7,10H2,(H,20,23);2*1H/t14-,16?;;/m0../s1. The number of hydrogen-bond acceptors (Lipinski definition) is 7. The monoisotopic (exact) mass is 434 g/mol. The Kier molecular flexibility index (Phi) is 7.73. The van der Waals surface area contributed by atoms with Gasteiger partial charge >= 0.3 is 6.09 Å². The minimum atomic E-state index is -0.594. The number of halogens is 3. The SMILES string of the molecule is Cl.Cl.O=C1NC(c2ccc(N3CCNCC3)c(F)c2)[C@H](COc2ccon2)O1. The van der Waals surface area contributed by atoms with Gasteiger partial charge in [-0.1, -0.05) is 6.07 Å². The van der Waals surface area contributed by atoms with Gasteiger partial charge in [0.2, 0.25) is 0 Å². The van der Waals surface area contributed by atoms with Crippen molar-refractivity contribution in [3.63, 3.8) is 0 Å². The quantitative estimate of drug-likeness (QED) is 0.745. The minimum absolute atomic E-state index is 0. The molecule has 28 heavy (non-hydrogen) atoms. The van der Waals surface area contributed by atoms with E-state index in [9.17, 15) is 9.18 Å².